The molecule has 0 amide bonds. The van der Waals surface area contributed by atoms with Gasteiger partial charge in [0.05, 0.1) is 6.04 Å². The summed E-state index contributed by atoms with van der Waals surface area (Å²) in [5, 5.41) is 3.35. The van der Waals surface area contributed by atoms with Gasteiger partial charge in [0, 0.05) is 26.6 Å². The van der Waals surface area contributed by atoms with E-state index in [-0.39, 0.29) is 12.3 Å². The van der Waals surface area contributed by atoms with E-state index in [9.17, 15) is 0 Å². The number of nitrogens with one attached hydrogen (secondary N) is 1. The van der Waals surface area contributed by atoms with Crippen molar-refractivity contribution in [3.05, 3.63) is 29.6 Å². The summed E-state index contributed by atoms with van der Waals surface area (Å²) in [7, 11) is 3.29. The molecule has 1 N–H and O–H groups in total. The van der Waals surface area contributed by atoms with Crippen LogP contribution in [0.15, 0.2) is 18.5 Å². The summed E-state index contributed by atoms with van der Waals surface area (Å²) >= 11 is 0. The van der Waals surface area contributed by atoms with Crippen LogP contribution in [0.2, 0.25) is 0 Å². The maximum Gasteiger partial charge on any atom is 0.176 e. The van der Waals surface area contributed by atoms with Crippen molar-refractivity contribution >= 4 is 0 Å². The van der Waals surface area contributed by atoms with Crippen LogP contribution in [-0.4, -0.2) is 32.0 Å². The number of aromatic nitrogens is 1. The lowest BCUT2D eigenvalue weighted by Gasteiger charge is -2.26. The standard InChI is InChI=1S/C12H20N2O2/c1-5-14-11(12(15-3)16-4)10-8-13-7-6-9(10)2/h6-8,11-12,14H,5H2,1-4H3. The van der Waals surface area contributed by atoms with Crippen molar-refractivity contribution in [2.45, 2.75) is 26.2 Å². The molecule has 1 heterocycles. The normalized spacial score (nSPS) is 13.1. The second-order valence-electron chi connectivity index (χ2n) is 3.61. The van der Waals surface area contributed by atoms with Gasteiger partial charge in [-0.2, -0.15) is 0 Å². The van der Waals surface area contributed by atoms with Gasteiger partial charge in [0.25, 0.3) is 0 Å². The lowest BCUT2D eigenvalue weighted by Crippen LogP contribution is -2.35. The van der Waals surface area contributed by atoms with Gasteiger partial charge in [-0.1, -0.05) is 6.92 Å². The van der Waals surface area contributed by atoms with E-state index in [1.165, 1.54) is 5.56 Å². The highest BCUT2D eigenvalue weighted by molar-refractivity contribution is 5.25. The number of ether oxygens (including phenoxy) is 2. The third kappa shape index (κ3) is 3.01. The molecule has 0 aromatic carbocycles. The molecule has 0 radical (unpaired) electrons. The second kappa shape index (κ2) is 6.58. The van der Waals surface area contributed by atoms with Crippen LogP contribution in [0.5, 0.6) is 0 Å². The van der Waals surface area contributed by atoms with Crippen LogP contribution in [0.1, 0.15) is 24.1 Å². The molecular weight excluding hydrogens is 204 g/mol. The van der Waals surface area contributed by atoms with Crippen molar-refractivity contribution in [1.29, 1.82) is 0 Å². The molecule has 90 valence electrons. The summed E-state index contributed by atoms with van der Waals surface area (Å²) in [5.74, 6) is 0. The highest BCUT2D eigenvalue weighted by Gasteiger charge is 2.23. The first kappa shape index (κ1) is 13.1. The van der Waals surface area contributed by atoms with E-state index in [1.807, 2.05) is 12.3 Å². The molecule has 0 aliphatic carbocycles. The number of likely N-dealkylation sites (N-methyl/N-ethyl adjacent to an activating group) is 1. The van der Waals surface area contributed by atoms with Gasteiger partial charge in [0.1, 0.15) is 0 Å². The predicted molar refractivity (Wildman–Crippen MR) is 63.2 cm³/mol. The number of pyridine rings is 1. The number of nitrogens with zero attached hydrogens (tertiary/aromatic N) is 1. The molecular formula is C12H20N2O2. The molecule has 1 unspecified atom stereocenters. The van der Waals surface area contributed by atoms with Gasteiger partial charge in [-0.3, -0.25) is 4.98 Å². The average Bonchev–Trinajstić information content (AvgIpc) is 2.30. The van der Waals surface area contributed by atoms with Crippen LogP contribution in [-0.2, 0) is 9.47 Å². The van der Waals surface area contributed by atoms with Crippen molar-refractivity contribution in [1.82, 2.24) is 10.3 Å². The van der Waals surface area contributed by atoms with E-state index in [2.05, 4.69) is 24.1 Å². The topological polar surface area (TPSA) is 43.4 Å². The summed E-state index contributed by atoms with van der Waals surface area (Å²) in [5.41, 5.74) is 2.29. The molecule has 0 aliphatic heterocycles. The highest BCUT2D eigenvalue weighted by atomic mass is 16.7. The smallest absolute Gasteiger partial charge is 0.176 e. The molecule has 0 spiro atoms. The predicted octanol–water partition coefficient (Wildman–Crippen LogP) is 1.66. The van der Waals surface area contributed by atoms with Gasteiger partial charge >= 0.3 is 0 Å². The largest absolute Gasteiger partial charge is 0.354 e. The Labute approximate surface area is 97.0 Å². The van der Waals surface area contributed by atoms with Gasteiger partial charge in [0.2, 0.25) is 0 Å². The molecule has 1 atom stereocenters. The number of aryl methyl sites for hydroxylation is 1. The zero-order valence-corrected chi connectivity index (χ0v) is 10.4. The number of hydrogen-bond donors (Lipinski definition) is 1. The Hall–Kier alpha value is -0.970. The van der Waals surface area contributed by atoms with Crippen molar-refractivity contribution in [3.63, 3.8) is 0 Å². The van der Waals surface area contributed by atoms with E-state index >= 15 is 0 Å². The van der Waals surface area contributed by atoms with Crippen molar-refractivity contribution < 1.29 is 9.47 Å². The Balaban J connectivity index is 2.97. The molecule has 0 bridgehead atoms. The zero-order chi connectivity index (χ0) is 12.0. The Bertz CT molecular complexity index is 314. The van der Waals surface area contributed by atoms with E-state index in [0.29, 0.717) is 0 Å². The molecule has 0 aliphatic rings. The molecule has 1 rings (SSSR count). The second-order valence-corrected chi connectivity index (χ2v) is 3.61. The molecule has 1 aromatic rings. The Morgan fingerprint density at radius 1 is 1.38 bits per heavy atom. The fourth-order valence-corrected chi connectivity index (χ4v) is 1.74. The third-order valence-electron chi connectivity index (χ3n) is 2.58. The quantitative estimate of drug-likeness (QED) is 0.746. The third-order valence-corrected chi connectivity index (χ3v) is 2.58. The SMILES string of the molecule is CCNC(c1cnccc1C)C(OC)OC. The molecule has 4 nitrogen and oxygen atoms in total. The fraction of sp³-hybridized carbons (Fsp3) is 0.583. The van der Waals surface area contributed by atoms with Crippen LogP contribution in [0.3, 0.4) is 0 Å². The first-order valence-electron chi connectivity index (χ1n) is 5.44. The lowest BCUT2D eigenvalue weighted by molar-refractivity contribution is -0.124. The number of methoxy groups -OCH3 is 2. The van der Waals surface area contributed by atoms with Gasteiger partial charge in [-0.15, -0.1) is 0 Å². The highest BCUT2D eigenvalue weighted by Crippen LogP contribution is 2.21. The number of hydrogen-bond acceptors (Lipinski definition) is 4. The van der Waals surface area contributed by atoms with Crippen molar-refractivity contribution in [2.24, 2.45) is 0 Å². The van der Waals surface area contributed by atoms with Gasteiger partial charge in [-0.25, -0.2) is 0 Å². The van der Waals surface area contributed by atoms with E-state index < -0.39 is 0 Å². The number of rotatable bonds is 6. The van der Waals surface area contributed by atoms with Crippen molar-refractivity contribution in [3.8, 4) is 0 Å². The van der Waals surface area contributed by atoms with E-state index in [4.69, 9.17) is 9.47 Å². The monoisotopic (exact) mass is 224 g/mol. The van der Waals surface area contributed by atoms with Crippen LogP contribution < -0.4 is 5.32 Å². The first-order valence-corrected chi connectivity index (χ1v) is 5.44. The molecule has 16 heavy (non-hydrogen) atoms. The fourth-order valence-electron chi connectivity index (χ4n) is 1.74. The van der Waals surface area contributed by atoms with Crippen LogP contribution in [0.4, 0.5) is 0 Å². The Morgan fingerprint density at radius 2 is 2.06 bits per heavy atom. The maximum atomic E-state index is 5.31. The zero-order valence-electron chi connectivity index (χ0n) is 10.4. The summed E-state index contributed by atoms with van der Waals surface area (Å²) < 4.78 is 10.6. The Kier molecular flexibility index (Phi) is 5.38. The average molecular weight is 224 g/mol. The first-order chi connectivity index (χ1) is 7.74. The molecule has 0 fully saturated rings. The van der Waals surface area contributed by atoms with Gasteiger partial charge in [0.15, 0.2) is 6.29 Å². The van der Waals surface area contributed by atoms with Crippen LogP contribution >= 0.6 is 0 Å². The maximum absolute atomic E-state index is 5.31. The minimum absolute atomic E-state index is 0.00806. The van der Waals surface area contributed by atoms with Gasteiger partial charge < -0.3 is 14.8 Å². The Morgan fingerprint density at radius 3 is 2.56 bits per heavy atom. The van der Waals surface area contributed by atoms with Crippen molar-refractivity contribution in [2.75, 3.05) is 20.8 Å². The minimum atomic E-state index is -0.303. The molecule has 1 aromatic heterocycles. The van der Waals surface area contributed by atoms with Crippen LogP contribution in [0.25, 0.3) is 0 Å². The minimum Gasteiger partial charge on any atom is -0.354 e. The summed E-state index contributed by atoms with van der Waals surface area (Å²) in [6, 6.07) is 2.00. The summed E-state index contributed by atoms with van der Waals surface area (Å²) in [6.07, 6.45) is 3.34. The van der Waals surface area contributed by atoms with E-state index in [1.54, 1.807) is 20.4 Å². The molecule has 4 heteroatoms. The summed E-state index contributed by atoms with van der Waals surface area (Å²) in [4.78, 5) is 4.15. The van der Waals surface area contributed by atoms with Crippen LogP contribution in [0, 0.1) is 6.92 Å². The van der Waals surface area contributed by atoms with Gasteiger partial charge in [-0.05, 0) is 30.7 Å². The summed E-state index contributed by atoms with van der Waals surface area (Å²) in [6.45, 7) is 4.97. The molecule has 0 saturated carbocycles. The molecule has 0 saturated heterocycles. The lowest BCUT2D eigenvalue weighted by atomic mass is 10.0. The van der Waals surface area contributed by atoms with E-state index in [0.717, 1.165) is 12.1 Å².